The van der Waals surface area contributed by atoms with Crippen LogP contribution in [0.15, 0.2) is 35.2 Å². The van der Waals surface area contributed by atoms with Gasteiger partial charge in [-0.15, -0.1) is 0 Å². The van der Waals surface area contributed by atoms with E-state index in [1.807, 2.05) is 0 Å². The van der Waals surface area contributed by atoms with Crippen LogP contribution in [0.1, 0.15) is 0 Å². The van der Waals surface area contributed by atoms with Crippen molar-refractivity contribution in [1.29, 1.82) is 0 Å². The molecular weight excluding hydrogens is 305 g/mol. The van der Waals surface area contributed by atoms with Gasteiger partial charge in [-0.3, -0.25) is 0 Å². The number of hydrogen-bond acceptors (Lipinski definition) is 3. The van der Waals surface area contributed by atoms with Crippen molar-refractivity contribution in [2.24, 2.45) is 0 Å². The molecule has 111 valence electrons. The maximum atomic E-state index is 13.9. The zero-order valence-corrected chi connectivity index (χ0v) is 11.7. The first-order valence-electron chi connectivity index (χ1n) is 5.65. The van der Waals surface area contributed by atoms with E-state index in [2.05, 4.69) is 6.26 Å². The Labute approximate surface area is 119 Å². The molecule has 0 unspecified atom stereocenters. The van der Waals surface area contributed by atoms with E-state index >= 15 is 0 Å². The number of rotatable bonds is 3. The molecule has 1 radical (unpaired) electrons. The summed E-state index contributed by atoms with van der Waals surface area (Å²) in [5.41, 5.74) is -0.324. The molecule has 0 aliphatic heterocycles. The lowest BCUT2D eigenvalue weighted by atomic mass is 10.0. The molecule has 0 bridgehead atoms. The average molecular weight is 315 g/mol. The largest absolute Gasteiger partial charge is 0.493 e. The summed E-state index contributed by atoms with van der Waals surface area (Å²) >= 11 is 0. The minimum Gasteiger partial charge on any atom is -0.493 e. The molecule has 0 fully saturated rings. The highest BCUT2D eigenvalue weighted by Gasteiger charge is 2.20. The first kappa shape index (κ1) is 15.4. The van der Waals surface area contributed by atoms with Gasteiger partial charge in [0.15, 0.2) is 21.4 Å². The smallest absolute Gasteiger partial charge is 0.179 e. The lowest BCUT2D eigenvalue weighted by Gasteiger charge is -2.12. The van der Waals surface area contributed by atoms with E-state index in [0.29, 0.717) is 6.07 Å². The van der Waals surface area contributed by atoms with Gasteiger partial charge in [0.25, 0.3) is 0 Å². The monoisotopic (exact) mass is 315 g/mol. The molecule has 0 aliphatic rings. The number of sulfone groups is 1. The molecule has 0 spiro atoms. The summed E-state index contributed by atoms with van der Waals surface area (Å²) in [6.45, 7) is 0. The SMILES string of the molecule is [CH2]S(=O)(=O)c1cc(F)c(OC)c(-c2ccc(F)cc2F)c1. The second kappa shape index (κ2) is 5.40. The molecule has 0 aromatic heterocycles. The van der Waals surface area contributed by atoms with Gasteiger partial charge in [-0.05, 0) is 24.3 Å². The van der Waals surface area contributed by atoms with E-state index in [-0.39, 0.29) is 16.9 Å². The highest BCUT2D eigenvalue weighted by atomic mass is 32.2. The van der Waals surface area contributed by atoms with Crippen LogP contribution in [0, 0.1) is 23.7 Å². The van der Waals surface area contributed by atoms with Crippen LogP contribution in [0.4, 0.5) is 13.2 Å². The molecule has 0 N–H and O–H groups in total. The van der Waals surface area contributed by atoms with Gasteiger partial charge in [0.1, 0.15) is 11.6 Å². The lowest BCUT2D eigenvalue weighted by molar-refractivity contribution is 0.387. The Hall–Kier alpha value is -2.02. The number of methoxy groups -OCH3 is 1. The summed E-state index contributed by atoms with van der Waals surface area (Å²) in [4.78, 5) is -0.431. The number of hydrogen-bond donors (Lipinski definition) is 0. The molecule has 2 aromatic carbocycles. The van der Waals surface area contributed by atoms with Crippen LogP contribution in [-0.4, -0.2) is 15.5 Å². The molecule has 0 saturated carbocycles. The number of halogens is 3. The minimum atomic E-state index is -3.94. The van der Waals surface area contributed by atoms with Crippen LogP contribution in [0.25, 0.3) is 11.1 Å². The van der Waals surface area contributed by atoms with Crippen molar-refractivity contribution in [3.8, 4) is 16.9 Å². The van der Waals surface area contributed by atoms with Gasteiger partial charge in [-0.1, -0.05) is 0 Å². The summed E-state index contributed by atoms with van der Waals surface area (Å²) in [5.74, 6) is -3.10. The first-order chi connectivity index (χ1) is 9.74. The quantitative estimate of drug-likeness (QED) is 0.872. The summed E-state index contributed by atoms with van der Waals surface area (Å²) < 4.78 is 68.4. The molecule has 0 saturated heterocycles. The van der Waals surface area contributed by atoms with Crippen LogP contribution in [0.5, 0.6) is 5.75 Å². The van der Waals surface area contributed by atoms with Crippen molar-refractivity contribution >= 4 is 9.84 Å². The van der Waals surface area contributed by atoms with Crippen LogP contribution >= 0.6 is 0 Å². The van der Waals surface area contributed by atoms with Crippen molar-refractivity contribution in [3.05, 3.63) is 54.0 Å². The van der Waals surface area contributed by atoms with Crippen molar-refractivity contribution in [1.82, 2.24) is 0 Å². The van der Waals surface area contributed by atoms with E-state index in [1.54, 1.807) is 0 Å². The van der Waals surface area contributed by atoms with E-state index in [1.165, 1.54) is 0 Å². The number of ether oxygens (including phenoxy) is 1. The van der Waals surface area contributed by atoms with E-state index in [9.17, 15) is 21.6 Å². The third-order valence-corrected chi connectivity index (χ3v) is 3.76. The third-order valence-electron chi connectivity index (χ3n) is 2.80. The molecule has 3 nitrogen and oxygen atoms in total. The Kier molecular flexibility index (Phi) is 3.95. The molecule has 0 heterocycles. The van der Waals surface area contributed by atoms with Gasteiger partial charge >= 0.3 is 0 Å². The van der Waals surface area contributed by atoms with Gasteiger partial charge in [0, 0.05) is 17.2 Å². The van der Waals surface area contributed by atoms with Crippen molar-refractivity contribution in [2.75, 3.05) is 7.11 Å². The van der Waals surface area contributed by atoms with Crippen LogP contribution in [0.3, 0.4) is 0 Å². The maximum Gasteiger partial charge on any atom is 0.179 e. The summed E-state index contributed by atoms with van der Waals surface area (Å²) in [7, 11) is -2.79. The molecular formula is C14H10F3O3S. The lowest BCUT2D eigenvalue weighted by Crippen LogP contribution is -2.00. The van der Waals surface area contributed by atoms with Crippen LogP contribution in [0.2, 0.25) is 0 Å². The Balaban J connectivity index is 2.80. The second-order valence-electron chi connectivity index (χ2n) is 4.22. The molecule has 0 atom stereocenters. The molecule has 21 heavy (non-hydrogen) atoms. The molecule has 0 amide bonds. The van der Waals surface area contributed by atoms with Crippen molar-refractivity contribution in [3.63, 3.8) is 0 Å². The fourth-order valence-electron chi connectivity index (χ4n) is 1.86. The fraction of sp³-hybridized carbons (Fsp3) is 0.0714. The van der Waals surface area contributed by atoms with Gasteiger partial charge in [0.2, 0.25) is 0 Å². The summed E-state index contributed by atoms with van der Waals surface area (Å²) in [5, 5.41) is 0. The number of benzene rings is 2. The normalized spacial score (nSPS) is 11.5. The topological polar surface area (TPSA) is 43.4 Å². The first-order valence-corrected chi connectivity index (χ1v) is 7.30. The Morgan fingerprint density at radius 2 is 1.67 bits per heavy atom. The average Bonchev–Trinajstić information content (AvgIpc) is 2.36. The zero-order chi connectivity index (χ0) is 15.8. The van der Waals surface area contributed by atoms with Gasteiger partial charge in [0.05, 0.1) is 18.3 Å². The minimum absolute atomic E-state index is 0.141. The Bertz CT molecular complexity index is 801. The van der Waals surface area contributed by atoms with Crippen molar-refractivity contribution < 1.29 is 26.3 Å². The van der Waals surface area contributed by atoms with E-state index < -0.39 is 32.2 Å². The fourth-order valence-corrected chi connectivity index (χ4v) is 2.44. The molecule has 2 aromatic rings. The van der Waals surface area contributed by atoms with Gasteiger partial charge < -0.3 is 4.74 Å². The highest BCUT2D eigenvalue weighted by molar-refractivity contribution is 7.92. The van der Waals surface area contributed by atoms with Crippen LogP contribution < -0.4 is 4.74 Å². The van der Waals surface area contributed by atoms with Crippen LogP contribution in [-0.2, 0) is 9.84 Å². The summed E-state index contributed by atoms with van der Waals surface area (Å²) in [6, 6.07) is 4.41. The summed E-state index contributed by atoms with van der Waals surface area (Å²) in [6.07, 6.45) is 2.92. The molecule has 7 heteroatoms. The Morgan fingerprint density at radius 3 is 2.19 bits per heavy atom. The Morgan fingerprint density at radius 1 is 1.00 bits per heavy atom. The maximum absolute atomic E-state index is 13.9. The molecule has 0 aliphatic carbocycles. The van der Waals surface area contributed by atoms with E-state index in [0.717, 1.165) is 31.4 Å². The van der Waals surface area contributed by atoms with Gasteiger partial charge in [-0.2, -0.15) is 0 Å². The standard InChI is InChI=1S/C14H10F3O3S/c1-20-14-11(10-4-3-8(15)5-12(10)16)6-9(7-13(14)17)21(2,18)19/h3-7H,2H2,1H3. The van der Waals surface area contributed by atoms with Crippen molar-refractivity contribution in [2.45, 2.75) is 4.90 Å². The predicted octanol–water partition coefficient (Wildman–Crippen LogP) is 3.34. The highest BCUT2D eigenvalue weighted by Crippen LogP contribution is 2.36. The van der Waals surface area contributed by atoms with Gasteiger partial charge in [-0.25, -0.2) is 21.6 Å². The third kappa shape index (κ3) is 3.02. The second-order valence-corrected chi connectivity index (χ2v) is 5.93. The molecule has 2 rings (SSSR count). The zero-order valence-electron chi connectivity index (χ0n) is 10.9. The predicted molar refractivity (Wildman–Crippen MR) is 70.8 cm³/mol. The van der Waals surface area contributed by atoms with E-state index in [4.69, 9.17) is 4.74 Å².